The van der Waals surface area contributed by atoms with Crippen LogP contribution in [0.3, 0.4) is 0 Å². The lowest BCUT2D eigenvalue weighted by molar-refractivity contribution is 1.17. The highest BCUT2D eigenvalue weighted by atomic mass is 79.9. The van der Waals surface area contributed by atoms with E-state index in [2.05, 4.69) is 37.7 Å². The maximum atomic E-state index is 4.14. The molecule has 2 nitrogen and oxygen atoms in total. The molecule has 0 atom stereocenters. The Kier molecular flexibility index (Phi) is 2.97. The molecule has 0 aromatic carbocycles. The van der Waals surface area contributed by atoms with E-state index in [0.29, 0.717) is 0 Å². The topological polar surface area (TPSA) is 24.9 Å². The van der Waals surface area contributed by atoms with Crippen LogP contribution >= 0.6 is 38.6 Å². The number of nitrogens with one attached hydrogen (secondary N) is 1. The molecule has 0 aliphatic heterocycles. The van der Waals surface area contributed by atoms with Crippen molar-refractivity contribution in [2.24, 2.45) is 0 Å². The molecule has 0 fully saturated rings. The van der Waals surface area contributed by atoms with Gasteiger partial charge in [-0.3, -0.25) is 0 Å². The second-order valence-corrected chi connectivity index (χ2v) is 5.23. The van der Waals surface area contributed by atoms with Gasteiger partial charge in [0.1, 0.15) is 0 Å². The third kappa shape index (κ3) is 2.52. The van der Waals surface area contributed by atoms with Crippen LogP contribution in [-0.4, -0.2) is 4.98 Å². The molecule has 13 heavy (non-hydrogen) atoms. The summed E-state index contributed by atoms with van der Waals surface area (Å²) in [4.78, 5) is 5.45. The van der Waals surface area contributed by atoms with Crippen LogP contribution in [0.2, 0.25) is 0 Å². The predicted octanol–water partition coefficient (Wildman–Crippen LogP) is 3.58. The maximum Gasteiger partial charge on any atom is 0.182 e. The number of aromatic nitrogens is 1. The van der Waals surface area contributed by atoms with Crippen LogP contribution in [0.4, 0.5) is 5.13 Å². The molecule has 0 unspecified atom stereocenters. The Morgan fingerprint density at radius 1 is 1.46 bits per heavy atom. The number of thiazole rings is 1. The average Bonchev–Trinajstić information content (AvgIpc) is 2.71. The Balaban J connectivity index is 1.93. The second-order valence-electron chi connectivity index (χ2n) is 2.42. The zero-order valence-electron chi connectivity index (χ0n) is 6.66. The zero-order chi connectivity index (χ0) is 9.10. The zero-order valence-corrected chi connectivity index (χ0v) is 9.88. The molecule has 1 N–H and O–H groups in total. The van der Waals surface area contributed by atoms with Crippen molar-refractivity contribution in [1.82, 2.24) is 4.98 Å². The van der Waals surface area contributed by atoms with Crippen LogP contribution < -0.4 is 5.32 Å². The number of hydrogen-bond donors (Lipinski definition) is 1. The molecule has 2 aromatic rings. The lowest BCUT2D eigenvalue weighted by atomic mass is 10.5. The van der Waals surface area contributed by atoms with Crippen molar-refractivity contribution in [3.05, 3.63) is 32.4 Å². The fraction of sp³-hybridized carbons (Fsp3) is 0.125. The molecule has 2 aromatic heterocycles. The minimum atomic E-state index is 0.851. The minimum absolute atomic E-state index is 0.851. The Labute approximate surface area is 92.8 Å². The van der Waals surface area contributed by atoms with Gasteiger partial charge in [0, 0.05) is 26.3 Å². The Bertz CT molecular complexity index is 369. The Hall–Kier alpha value is -0.390. The summed E-state index contributed by atoms with van der Waals surface area (Å²) in [5.74, 6) is 0. The van der Waals surface area contributed by atoms with Crippen molar-refractivity contribution in [2.75, 3.05) is 5.32 Å². The van der Waals surface area contributed by atoms with Crippen LogP contribution in [0.5, 0.6) is 0 Å². The van der Waals surface area contributed by atoms with Crippen LogP contribution in [0.15, 0.2) is 27.5 Å². The molecule has 5 heteroatoms. The van der Waals surface area contributed by atoms with E-state index in [0.717, 1.165) is 16.1 Å². The molecular formula is C8H7BrN2S2. The third-order valence-corrected chi connectivity index (χ3v) is 3.90. The van der Waals surface area contributed by atoms with E-state index in [9.17, 15) is 0 Å². The normalized spacial score (nSPS) is 10.2. The molecule has 0 saturated carbocycles. The maximum absolute atomic E-state index is 4.14. The lowest BCUT2D eigenvalue weighted by Crippen LogP contribution is -1.95. The van der Waals surface area contributed by atoms with Crippen molar-refractivity contribution in [3.8, 4) is 0 Å². The van der Waals surface area contributed by atoms with Gasteiger partial charge in [0.05, 0.1) is 6.54 Å². The van der Waals surface area contributed by atoms with Gasteiger partial charge in [0.25, 0.3) is 0 Å². The number of halogens is 1. The Morgan fingerprint density at radius 2 is 2.38 bits per heavy atom. The summed E-state index contributed by atoms with van der Waals surface area (Å²) in [7, 11) is 0. The standard InChI is InChI=1S/C8H7BrN2S2/c9-6-3-7(13-5-6)4-11-8-10-1-2-12-8/h1-3,5H,4H2,(H,10,11). The summed E-state index contributed by atoms with van der Waals surface area (Å²) >= 11 is 6.78. The van der Waals surface area contributed by atoms with Gasteiger partial charge in [-0.2, -0.15) is 0 Å². The van der Waals surface area contributed by atoms with E-state index < -0.39 is 0 Å². The monoisotopic (exact) mass is 274 g/mol. The number of anilines is 1. The van der Waals surface area contributed by atoms with Gasteiger partial charge in [0.2, 0.25) is 0 Å². The summed E-state index contributed by atoms with van der Waals surface area (Å²) in [6, 6.07) is 2.12. The summed E-state index contributed by atoms with van der Waals surface area (Å²) in [5.41, 5.74) is 0. The lowest BCUT2D eigenvalue weighted by Gasteiger charge is -1.97. The van der Waals surface area contributed by atoms with Gasteiger partial charge >= 0.3 is 0 Å². The number of rotatable bonds is 3. The van der Waals surface area contributed by atoms with E-state index in [-0.39, 0.29) is 0 Å². The van der Waals surface area contributed by atoms with E-state index in [1.165, 1.54) is 4.88 Å². The first kappa shape index (κ1) is 9.18. The number of hydrogen-bond acceptors (Lipinski definition) is 4. The average molecular weight is 275 g/mol. The highest BCUT2D eigenvalue weighted by Crippen LogP contribution is 2.21. The molecule has 2 heterocycles. The SMILES string of the molecule is Brc1csc(CNc2nccs2)c1. The van der Waals surface area contributed by atoms with Gasteiger partial charge in [-0.1, -0.05) is 0 Å². The predicted molar refractivity (Wildman–Crippen MR) is 61.5 cm³/mol. The molecule has 0 spiro atoms. The first-order chi connectivity index (χ1) is 6.34. The fourth-order valence-corrected chi connectivity index (χ4v) is 2.84. The first-order valence-corrected chi connectivity index (χ1v) is 6.26. The highest BCUT2D eigenvalue weighted by molar-refractivity contribution is 9.10. The largest absolute Gasteiger partial charge is 0.357 e. The van der Waals surface area contributed by atoms with Crippen molar-refractivity contribution < 1.29 is 0 Å². The van der Waals surface area contributed by atoms with Gasteiger partial charge in [-0.15, -0.1) is 22.7 Å². The summed E-state index contributed by atoms with van der Waals surface area (Å²) in [6.45, 7) is 0.851. The first-order valence-electron chi connectivity index (χ1n) is 3.71. The van der Waals surface area contributed by atoms with Crippen molar-refractivity contribution in [2.45, 2.75) is 6.54 Å². The van der Waals surface area contributed by atoms with Crippen molar-refractivity contribution in [3.63, 3.8) is 0 Å². The molecule has 0 radical (unpaired) electrons. The van der Waals surface area contributed by atoms with E-state index >= 15 is 0 Å². The highest BCUT2D eigenvalue weighted by Gasteiger charge is 1.98. The number of thiophene rings is 1. The molecule has 0 aliphatic carbocycles. The fourth-order valence-electron chi connectivity index (χ4n) is 0.920. The Morgan fingerprint density at radius 3 is 3.00 bits per heavy atom. The molecule has 0 bridgehead atoms. The van der Waals surface area contributed by atoms with Gasteiger partial charge in [-0.25, -0.2) is 4.98 Å². The molecule has 2 rings (SSSR count). The smallest absolute Gasteiger partial charge is 0.182 e. The minimum Gasteiger partial charge on any atom is -0.357 e. The van der Waals surface area contributed by atoms with Crippen molar-refractivity contribution in [1.29, 1.82) is 0 Å². The van der Waals surface area contributed by atoms with Crippen LogP contribution in [0, 0.1) is 0 Å². The summed E-state index contributed by atoms with van der Waals surface area (Å²) in [5, 5.41) is 8.27. The number of nitrogens with zero attached hydrogens (tertiary/aromatic N) is 1. The van der Waals surface area contributed by atoms with Gasteiger partial charge in [0.15, 0.2) is 5.13 Å². The molecule has 0 aliphatic rings. The summed E-state index contributed by atoms with van der Waals surface area (Å²) in [6.07, 6.45) is 1.80. The van der Waals surface area contributed by atoms with E-state index in [1.807, 2.05) is 5.38 Å². The van der Waals surface area contributed by atoms with Crippen LogP contribution in [0.1, 0.15) is 4.88 Å². The van der Waals surface area contributed by atoms with Gasteiger partial charge < -0.3 is 5.32 Å². The second kappa shape index (κ2) is 4.21. The van der Waals surface area contributed by atoms with E-state index in [1.54, 1.807) is 28.9 Å². The third-order valence-electron chi connectivity index (χ3n) is 1.47. The van der Waals surface area contributed by atoms with Crippen LogP contribution in [-0.2, 0) is 6.54 Å². The summed E-state index contributed by atoms with van der Waals surface area (Å²) < 4.78 is 1.15. The van der Waals surface area contributed by atoms with Crippen LogP contribution in [0.25, 0.3) is 0 Å². The quantitative estimate of drug-likeness (QED) is 0.926. The molecule has 0 saturated heterocycles. The molecule has 68 valence electrons. The molecule has 0 amide bonds. The molecular weight excluding hydrogens is 268 g/mol. The van der Waals surface area contributed by atoms with E-state index in [4.69, 9.17) is 0 Å². The van der Waals surface area contributed by atoms with Gasteiger partial charge in [-0.05, 0) is 22.0 Å². The van der Waals surface area contributed by atoms with Crippen molar-refractivity contribution >= 4 is 43.7 Å².